The summed E-state index contributed by atoms with van der Waals surface area (Å²) in [6, 6.07) is 3.43. The van der Waals surface area contributed by atoms with Gasteiger partial charge in [-0.25, -0.2) is 4.79 Å². The van der Waals surface area contributed by atoms with Gasteiger partial charge in [0.1, 0.15) is 11.8 Å². The number of phenols is 1. The van der Waals surface area contributed by atoms with Crippen LogP contribution < -0.4 is 5.32 Å². The highest BCUT2D eigenvalue weighted by atomic mass is 16.4. The van der Waals surface area contributed by atoms with Gasteiger partial charge in [0.15, 0.2) is 11.9 Å². The van der Waals surface area contributed by atoms with E-state index in [1.54, 1.807) is 0 Å². The van der Waals surface area contributed by atoms with Crippen molar-refractivity contribution < 1.29 is 29.7 Å². The number of phenolic OH excluding ortho intramolecular Hbond substituents is 1. The van der Waals surface area contributed by atoms with Crippen molar-refractivity contribution >= 4 is 17.7 Å². The molecular weight excluding hydrogens is 254 g/mol. The highest BCUT2D eigenvalue weighted by molar-refractivity contribution is 6.04. The normalized spacial score (nSPS) is 13.4. The van der Waals surface area contributed by atoms with Crippen LogP contribution in [0.2, 0.25) is 0 Å². The molecule has 0 aliphatic rings. The molecule has 0 aliphatic carbocycles. The predicted molar refractivity (Wildman–Crippen MR) is 63.7 cm³/mol. The minimum absolute atomic E-state index is 0.0635. The van der Waals surface area contributed by atoms with Gasteiger partial charge in [0.25, 0.3) is 0 Å². The van der Waals surface area contributed by atoms with Crippen molar-refractivity contribution in [1.82, 2.24) is 5.32 Å². The molecule has 4 N–H and O–H groups in total. The van der Waals surface area contributed by atoms with Crippen molar-refractivity contribution in [3.05, 3.63) is 29.8 Å². The second kappa shape index (κ2) is 5.96. The van der Waals surface area contributed by atoms with E-state index in [2.05, 4.69) is 5.32 Å². The molecule has 7 nitrogen and oxygen atoms in total. The average Bonchev–Trinajstić information content (AvgIpc) is 2.35. The lowest BCUT2D eigenvalue weighted by molar-refractivity contribution is -0.147. The lowest BCUT2D eigenvalue weighted by atomic mass is 9.99. The molecule has 0 fully saturated rings. The van der Waals surface area contributed by atoms with Crippen LogP contribution in [0.1, 0.15) is 17.3 Å². The topological polar surface area (TPSA) is 124 Å². The van der Waals surface area contributed by atoms with Crippen LogP contribution >= 0.6 is 0 Å². The zero-order chi connectivity index (χ0) is 14.6. The van der Waals surface area contributed by atoms with Crippen LogP contribution in [0.3, 0.4) is 0 Å². The van der Waals surface area contributed by atoms with Crippen molar-refractivity contribution in [1.29, 1.82) is 0 Å². The summed E-state index contributed by atoms with van der Waals surface area (Å²) in [5, 5.41) is 29.3. The number of carboxylic acids is 1. The third-order valence-electron chi connectivity index (χ3n) is 2.36. The summed E-state index contributed by atoms with van der Waals surface area (Å²) in [4.78, 5) is 33.7. The van der Waals surface area contributed by atoms with Crippen molar-refractivity contribution in [2.24, 2.45) is 0 Å². The monoisotopic (exact) mass is 267 g/mol. The fourth-order valence-electron chi connectivity index (χ4n) is 1.45. The number of aromatic hydroxyl groups is 1. The molecule has 0 spiro atoms. The molecule has 0 heterocycles. The molecular formula is C12H13NO6. The molecule has 1 aromatic rings. The van der Waals surface area contributed by atoms with Gasteiger partial charge >= 0.3 is 5.97 Å². The van der Waals surface area contributed by atoms with Gasteiger partial charge in [-0.05, 0) is 24.3 Å². The van der Waals surface area contributed by atoms with Crippen LogP contribution in [0.25, 0.3) is 0 Å². The zero-order valence-corrected chi connectivity index (χ0v) is 10.0. The van der Waals surface area contributed by atoms with Gasteiger partial charge in [-0.2, -0.15) is 0 Å². The van der Waals surface area contributed by atoms with Gasteiger partial charge in [0, 0.05) is 12.5 Å². The Kier molecular flexibility index (Phi) is 4.60. The molecule has 0 bridgehead atoms. The van der Waals surface area contributed by atoms with Crippen LogP contribution in [-0.2, 0) is 9.59 Å². The number of hydrogen-bond donors (Lipinski definition) is 4. The zero-order valence-electron chi connectivity index (χ0n) is 10.0. The van der Waals surface area contributed by atoms with Crippen molar-refractivity contribution in [2.45, 2.75) is 19.1 Å². The highest BCUT2D eigenvalue weighted by Crippen LogP contribution is 2.13. The number of carbonyl (C=O) groups excluding carboxylic acids is 2. The Bertz CT molecular complexity index is 495. The van der Waals surface area contributed by atoms with E-state index in [1.165, 1.54) is 24.3 Å². The standard InChI is InChI=1S/C12H13NO6/c1-6(14)13-9(11(17)12(18)19)10(16)7-2-4-8(15)5-3-7/h2-5,9,11,15,17H,1H3,(H,13,14)(H,18,19). The Morgan fingerprint density at radius 2 is 1.68 bits per heavy atom. The number of aliphatic hydroxyl groups excluding tert-OH is 1. The number of amides is 1. The van der Waals surface area contributed by atoms with E-state index in [4.69, 9.17) is 10.2 Å². The Hall–Kier alpha value is -2.41. The summed E-state index contributed by atoms with van der Waals surface area (Å²) in [5.41, 5.74) is 0.0665. The molecule has 0 radical (unpaired) electrons. The molecule has 19 heavy (non-hydrogen) atoms. The molecule has 0 saturated heterocycles. The van der Waals surface area contributed by atoms with E-state index in [0.29, 0.717) is 0 Å². The van der Waals surface area contributed by atoms with Crippen molar-refractivity contribution in [2.75, 3.05) is 0 Å². The fraction of sp³-hybridized carbons (Fsp3) is 0.250. The Labute approximate surface area is 108 Å². The van der Waals surface area contributed by atoms with E-state index < -0.39 is 29.8 Å². The second-order valence-electron chi connectivity index (χ2n) is 3.87. The van der Waals surface area contributed by atoms with E-state index in [0.717, 1.165) is 6.92 Å². The lowest BCUT2D eigenvalue weighted by Crippen LogP contribution is -2.51. The Balaban J connectivity index is 3.03. The quantitative estimate of drug-likeness (QED) is 0.534. The van der Waals surface area contributed by atoms with E-state index in [-0.39, 0.29) is 11.3 Å². The summed E-state index contributed by atoms with van der Waals surface area (Å²) < 4.78 is 0. The molecule has 7 heteroatoms. The number of aliphatic hydroxyl groups is 1. The summed E-state index contributed by atoms with van der Waals surface area (Å²) in [7, 11) is 0. The molecule has 1 rings (SSSR count). The minimum Gasteiger partial charge on any atom is -0.508 e. The summed E-state index contributed by atoms with van der Waals surface area (Å²) in [6.45, 7) is 1.10. The number of aliphatic carboxylic acids is 1. The number of benzene rings is 1. The first kappa shape index (κ1) is 14.7. The maximum absolute atomic E-state index is 12.0. The van der Waals surface area contributed by atoms with Crippen LogP contribution in [-0.4, -0.2) is 45.1 Å². The van der Waals surface area contributed by atoms with Crippen LogP contribution in [0, 0.1) is 0 Å². The lowest BCUT2D eigenvalue weighted by Gasteiger charge is -2.19. The van der Waals surface area contributed by atoms with Gasteiger partial charge < -0.3 is 20.6 Å². The summed E-state index contributed by atoms with van der Waals surface area (Å²) in [6.07, 6.45) is -2.05. The van der Waals surface area contributed by atoms with Gasteiger partial charge in [-0.3, -0.25) is 9.59 Å². The number of carboxylic acid groups (broad SMARTS) is 1. The number of ketones is 1. The number of Topliss-reactive ketones (excluding diaryl/α,β-unsaturated/α-hetero) is 1. The third kappa shape index (κ3) is 3.78. The summed E-state index contributed by atoms with van der Waals surface area (Å²) in [5.74, 6) is -3.08. The van der Waals surface area contributed by atoms with Gasteiger partial charge in [0.2, 0.25) is 5.91 Å². The molecule has 102 valence electrons. The van der Waals surface area contributed by atoms with Gasteiger partial charge in [-0.1, -0.05) is 0 Å². The van der Waals surface area contributed by atoms with Crippen LogP contribution in [0.15, 0.2) is 24.3 Å². The van der Waals surface area contributed by atoms with E-state index in [1.807, 2.05) is 0 Å². The molecule has 1 aromatic carbocycles. The second-order valence-corrected chi connectivity index (χ2v) is 3.87. The molecule has 0 saturated carbocycles. The van der Waals surface area contributed by atoms with E-state index in [9.17, 15) is 19.5 Å². The largest absolute Gasteiger partial charge is 0.508 e. The van der Waals surface area contributed by atoms with Crippen molar-refractivity contribution in [3.63, 3.8) is 0 Å². The molecule has 1 amide bonds. The predicted octanol–water partition coefficient (Wildman–Crippen LogP) is -0.475. The first-order valence-corrected chi connectivity index (χ1v) is 5.34. The highest BCUT2D eigenvalue weighted by Gasteiger charge is 2.33. The maximum atomic E-state index is 12.0. The minimum atomic E-state index is -2.05. The molecule has 0 aromatic heterocycles. The first-order valence-electron chi connectivity index (χ1n) is 5.34. The number of rotatable bonds is 5. The summed E-state index contributed by atoms with van der Waals surface area (Å²) >= 11 is 0. The Morgan fingerprint density at radius 3 is 2.11 bits per heavy atom. The molecule has 2 atom stereocenters. The average molecular weight is 267 g/mol. The third-order valence-corrected chi connectivity index (χ3v) is 2.36. The van der Waals surface area contributed by atoms with Gasteiger partial charge in [-0.15, -0.1) is 0 Å². The molecule has 2 unspecified atom stereocenters. The number of nitrogens with one attached hydrogen (secondary N) is 1. The van der Waals surface area contributed by atoms with E-state index >= 15 is 0 Å². The maximum Gasteiger partial charge on any atom is 0.335 e. The SMILES string of the molecule is CC(=O)NC(C(=O)c1ccc(O)cc1)C(O)C(=O)O. The number of carbonyl (C=O) groups is 3. The van der Waals surface area contributed by atoms with Crippen molar-refractivity contribution in [3.8, 4) is 5.75 Å². The molecule has 0 aliphatic heterocycles. The smallest absolute Gasteiger partial charge is 0.335 e. The fourth-order valence-corrected chi connectivity index (χ4v) is 1.45. The van der Waals surface area contributed by atoms with Gasteiger partial charge in [0.05, 0.1) is 0 Å². The van der Waals surface area contributed by atoms with Crippen LogP contribution in [0.5, 0.6) is 5.75 Å². The Morgan fingerprint density at radius 1 is 1.16 bits per heavy atom. The first-order chi connectivity index (χ1) is 8.82. The number of hydrogen-bond acceptors (Lipinski definition) is 5. The van der Waals surface area contributed by atoms with Crippen LogP contribution in [0.4, 0.5) is 0 Å².